The Labute approximate surface area is 103 Å². The fourth-order valence-electron chi connectivity index (χ4n) is 1.23. The summed E-state index contributed by atoms with van der Waals surface area (Å²) in [6, 6.07) is 3.07. The van der Waals surface area contributed by atoms with Crippen molar-refractivity contribution in [1.29, 1.82) is 0 Å². The zero-order valence-corrected chi connectivity index (χ0v) is 10.4. The van der Waals surface area contributed by atoms with Gasteiger partial charge in [-0.15, -0.1) is 0 Å². The van der Waals surface area contributed by atoms with Crippen molar-refractivity contribution >= 4 is 27.3 Å². The third-order valence-corrected chi connectivity index (χ3v) is 3.62. The molecule has 2 aromatic heterocycles. The van der Waals surface area contributed by atoms with E-state index in [1.807, 2.05) is 0 Å². The maximum absolute atomic E-state index is 11.9. The summed E-state index contributed by atoms with van der Waals surface area (Å²) in [6.07, 6.45) is 2.52. The third kappa shape index (κ3) is 2.56. The number of aromatic amines is 1. The second-order valence-electron chi connectivity index (χ2n) is 3.31. The minimum atomic E-state index is -3.63. The number of halogens is 1. The molecular weight excluding hydrogens is 264 g/mol. The lowest BCUT2D eigenvalue weighted by Crippen LogP contribution is -2.13. The van der Waals surface area contributed by atoms with Crippen molar-refractivity contribution in [1.82, 2.24) is 15.2 Å². The van der Waals surface area contributed by atoms with E-state index in [0.29, 0.717) is 16.5 Å². The number of H-pyrrole nitrogens is 1. The molecule has 0 amide bonds. The second kappa shape index (κ2) is 4.34. The van der Waals surface area contributed by atoms with Gasteiger partial charge in [0.2, 0.25) is 0 Å². The van der Waals surface area contributed by atoms with Gasteiger partial charge in [0.1, 0.15) is 10.0 Å². The van der Waals surface area contributed by atoms with Gasteiger partial charge in [0.05, 0.1) is 17.6 Å². The van der Waals surface area contributed by atoms with Gasteiger partial charge < -0.3 is 0 Å². The molecule has 0 atom stereocenters. The molecule has 6 nitrogen and oxygen atoms in total. The van der Waals surface area contributed by atoms with Gasteiger partial charge in [-0.1, -0.05) is 11.6 Å². The van der Waals surface area contributed by atoms with Gasteiger partial charge in [-0.3, -0.25) is 9.82 Å². The molecule has 0 saturated carbocycles. The van der Waals surface area contributed by atoms with Crippen molar-refractivity contribution in [2.24, 2.45) is 0 Å². The predicted octanol–water partition coefficient (Wildman–Crippen LogP) is 1.57. The average Bonchev–Trinajstić information content (AvgIpc) is 2.76. The van der Waals surface area contributed by atoms with Crippen molar-refractivity contribution in [2.45, 2.75) is 11.8 Å². The highest BCUT2D eigenvalue weighted by Gasteiger charge is 2.16. The molecule has 0 aliphatic carbocycles. The summed E-state index contributed by atoms with van der Waals surface area (Å²) in [4.78, 5) is 4.02. The molecule has 2 aromatic rings. The van der Waals surface area contributed by atoms with Crippen LogP contribution in [-0.2, 0) is 10.0 Å². The lowest BCUT2D eigenvalue weighted by molar-refractivity contribution is 0.601. The number of hydrogen-bond donors (Lipinski definition) is 2. The van der Waals surface area contributed by atoms with Gasteiger partial charge in [-0.25, -0.2) is 13.4 Å². The lowest BCUT2D eigenvalue weighted by atomic mass is 10.3. The normalized spacial score (nSPS) is 11.4. The van der Waals surface area contributed by atoms with E-state index in [0.717, 1.165) is 0 Å². The highest BCUT2D eigenvalue weighted by atomic mass is 35.5. The van der Waals surface area contributed by atoms with Crippen molar-refractivity contribution in [3.63, 3.8) is 0 Å². The van der Waals surface area contributed by atoms with Crippen LogP contribution in [0, 0.1) is 6.92 Å². The summed E-state index contributed by atoms with van der Waals surface area (Å²) in [6.45, 7) is 1.67. The van der Waals surface area contributed by atoms with Gasteiger partial charge in [0.15, 0.2) is 0 Å². The Balaban J connectivity index is 2.33. The molecular formula is C9H9ClN4O2S. The number of nitrogens with zero attached hydrogens (tertiary/aromatic N) is 2. The number of aryl methyl sites for hydroxylation is 1. The van der Waals surface area contributed by atoms with Gasteiger partial charge in [0, 0.05) is 6.20 Å². The summed E-state index contributed by atoms with van der Waals surface area (Å²) >= 11 is 5.68. The van der Waals surface area contributed by atoms with Gasteiger partial charge in [0.25, 0.3) is 10.0 Å². The fourth-order valence-corrected chi connectivity index (χ4v) is 2.44. The number of hydrogen-bond acceptors (Lipinski definition) is 4. The predicted molar refractivity (Wildman–Crippen MR) is 63.4 cm³/mol. The molecule has 2 N–H and O–H groups in total. The first kappa shape index (κ1) is 11.9. The minimum absolute atomic E-state index is 0.0619. The van der Waals surface area contributed by atoms with E-state index in [1.165, 1.54) is 18.5 Å². The Bertz CT molecular complexity index is 624. The molecule has 0 bridgehead atoms. The minimum Gasteiger partial charge on any atom is -0.284 e. The van der Waals surface area contributed by atoms with E-state index < -0.39 is 10.0 Å². The van der Waals surface area contributed by atoms with E-state index in [4.69, 9.17) is 11.6 Å². The van der Waals surface area contributed by atoms with Crippen LogP contribution < -0.4 is 4.72 Å². The molecule has 0 aliphatic heterocycles. The summed E-state index contributed by atoms with van der Waals surface area (Å²) < 4.78 is 26.1. The zero-order chi connectivity index (χ0) is 12.5. The monoisotopic (exact) mass is 272 g/mol. The molecule has 0 unspecified atom stereocenters. The molecule has 0 aromatic carbocycles. The van der Waals surface area contributed by atoms with Crippen LogP contribution >= 0.6 is 11.6 Å². The Morgan fingerprint density at radius 3 is 2.76 bits per heavy atom. The maximum atomic E-state index is 11.9. The number of rotatable bonds is 3. The molecule has 0 fully saturated rings. The molecule has 0 spiro atoms. The van der Waals surface area contributed by atoms with E-state index in [-0.39, 0.29) is 4.90 Å². The third-order valence-electron chi connectivity index (χ3n) is 2.08. The van der Waals surface area contributed by atoms with Crippen LogP contribution in [0.3, 0.4) is 0 Å². The number of sulfonamides is 1. The molecule has 2 rings (SSSR count). The number of aromatic nitrogens is 3. The first-order valence-electron chi connectivity index (χ1n) is 4.64. The van der Waals surface area contributed by atoms with Crippen LogP contribution in [-0.4, -0.2) is 23.6 Å². The first-order chi connectivity index (χ1) is 7.99. The molecule has 8 heteroatoms. The quantitative estimate of drug-likeness (QED) is 0.830. The van der Waals surface area contributed by atoms with Gasteiger partial charge >= 0.3 is 0 Å². The molecule has 2 heterocycles. The molecule has 90 valence electrons. The second-order valence-corrected chi connectivity index (χ2v) is 5.38. The van der Waals surface area contributed by atoms with E-state index >= 15 is 0 Å². The summed E-state index contributed by atoms with van der Waals surface area (Å²) in [5, 5.41) is 6.34. The Morgan fingerprint density at radius 2 is 2.18 bits per heavy atom. The molecule has 0 aliphatic rings. The lowest BCUT2D eigenvalue weighted by Gasteiger charge is -2.08. The largest absolute Gasteiger partial charge is 0.284 e. The molecule has 0 saturated heterocycles. The standard InChI is InChI=1S/C9H9ClN4O2S/c1-6-8(2-3-9(10)13-6)14-17(15,16)7-4-11-12-5-7/h2-5,14H,1H3,(H,11,12). The van der Waals surface area contributed by atoms with Crippen molar-refractivity contribution in [2.75, 3.05) is 4.72 Å². The number of anilines is 1. The zero-order valence-electron chi connectivity index (χ0n) is 8.81. The van der Waals surface area contributed by atoms with Crippen LogP contribution in [0.4, 0.5) is 5.69 Å². The van der Waals surface area contributed by atoms with Gasteiger partial charge in [-0.2, -0.15) is 5.10 Å². The highest BCUT2D eigenvalue weighted by Crippen LogP contribution is 2.19. The van der Waals surface area contributed by atoms with Crippen LogP contribution in [0.2, 0.25) is 5.15 Å². The smallest absolute Gasteiger partial charge is 0.265 e. The SMILES string of the molecule is Cc1nc(Cl)ccc1NS(=O)(=O)c1cn[nH]c1. The Kier molecular flexibility index (Phi) is 3.03. The summed E-state index contributed by atoms with van der Waals surface area (Å²) in [7, 11) is -3.63. The maximum Gasteiger partial charge on any atom is 0.265 e. The van der Waals surface area contributed by atoms with Crippen molar-refractivity contribution < 1.29 is 8.42 Å². The average molecular weight is 273 g/mol. The molecule has 0 radical (unpaired) electrons. The Morgan fingerprint density at radius 1 is 1.41 bits per heavy atom. The van der Waals surface area contributed by atoms with Crippen LogP contribution in [0.5, 0.6) is 0 Å². The number of pyridine rings is 1. The summed E-state index contributed by atoms with van der Waals surface area (Å²) in [5.41, 5.74) is 0.889. The van der Waals surface area contributed by atoms with E-state index in [2.05, 4.69) is 19.9 Å². The van der Waals surface area contributed by atoms with E-state index in [1.54, 1.807) is 13.0 Å². The van der Waals surface area contributed by atoms with Crippen molar-refractivity contribution in [3.05, 3.63) is 35.4 Å². The first-order valence-corrected chi connectivity index (χ1v) is 6.50. The van der Waals surface area contributed by atoms with Crippen LogP contribution in [0.15, 0.2) is 29.4 Å². The topological polar surface area (TPSA) is 87.7 Å². The molecule has 17 heavy (non-hydrogen) atoms. The fraction of sp³-hybridized carbons (Fsp3) is 0.111. The van der Waals surface area contributed by atoms with E-state index in [9.17, 15) is 8.42 Å². The van der Waals surface area contributed by atoms with Crippen molar-refractivity contribution in [3.8, 4) is 0 Å². The van der Waals surface area contributed by atoms with Crippen LogP contribution in [0.25, 0.3) is 0 Å². The highest BCUT2D eigenvalue weighted by molar-refractivity contribution is 7.92. The van der Waals surface area contributed by atoms with Crippen LogP contribution in [0.1, 0.15) is 5.69 Å². The number of nitrogens with one attached hydrogen (secondary N) is 2. The summed E-state index contributed by atoms with van der Waals surface area (Å²) in [5.74, 6) is 0. The Hall–Kier alpha value is -1.60. The van der Waals surface area contributed by atoms with Gasteiger partial charge in [-0.05, 0) is 19.1 Å².